The molecule has 0 amide bonds. The molecule has 4 heterocycles. The lowest BCUT2D eigenvalue weighted by Crippen LogP contribution is -2.22. The summed E-state index contributed by atoms with van der Waals surface area (Å²) in [5.41, 5.74) is 0.333. The van der Waals surface area contributed by atoms with Gasteiger partial charge in [-0.2, -0.15) is 23.4 Å². The van der Waals surface area contributed by atoms with E-state index >= 15 is 0 Å². The van der Waals surface area contributed by atoms with Gasteiger partial charge in [-0.1, -0.05) is 19.1 Å². The van der Waals surface area contributed by atoms with E-state index < -0.39 is 17.6 Å². The van der Waals surface area contributed by atoms with Crippen LogP contribution in [-0.4, -0.2) is 35.5 Å². The molecule has 0 bridgehead atoms. The second kappa shape index (κ2) is 9.16. The fourth-order valence-corrected chi connectivity index (χ4v) is 3.84. The molecule has 0 fully saturated rings. The Bertz CT molecular complexity index is 1230. The van der Waals surface area contributed by atoms with Crippen LogP contribution in [0.15, 0.2) is 54.4 Å². The Labute approximate surface area is 187 Å². The quantitative estimate of drug-likeness (QED) is 0.392. The fourth-order valence-electron chi connectivity index (χ4n) is 3.84. The average Bonchev–Trinajstić information content (AvgIpc) is 3.43. The van der Waals surface area contributed by atoms with Gasteiger partial charge in [-0.25, -0.2) is 18.9 Å². The van der Waals surface area contributed by atoms with Crippen LogP contribution in [0.1, 0.15) is 50.5 Å². The van der Waals surface area contributed by atoms with Crippen LogP contribution in [-0.2, 0) is 6.54 Å². The number of alkyl halides is 3. The van der Waals surface area contributed by atoms with Crippen molar-refractivity contribution in [1.82, 2.24) is 29.4 Å². The van der Waals surface area contributed by atoms with Crippen molar-refractivity contribution in [2.45, 2.75) is 51.9 Å². The zero-order chi connectivity index (χ0) is 23.6. The number of nitrogens with one attached hydrogen (secondary N) is 1. The van der Waals surface area contributed by atoms with Gasteiger partial charge in [0.2, 0.25) is 0 Å². The largest absolute Gasteiger partial charge is 0.416 e. The third-order valence-electron chi connectivity index (χ3n) is 5.38. The Kier molecular flexibility index (Phi) is 6.30. The van der Waals surface area contributed by atoms with Crippen molar-refractivity contribution < 1.29 is 17.6 Å². The molecule has 1 aliphatic rings. The molecule has 1 N–H and O–H groups in total. The van der Waals surface area contributed by atoms with Crippen LogP contribution in [0.5, 0.6) is 0 Å². The molecule has 33 heavy (non-hydrogen) atoms. The van der Waals surface area contributed by atoms with E-state index in [1.54, 1.807) is 34.6 Å². The first kappa shape index (κ1) is 22.7. The number of nitrogens with zero attached hydrogens (tertiary/aromatic N) is 6. The van der Waals surface area contributed by atoms with Gasteiger partial charge >= 0.3 is 6.18 Å². The molecule has 0 aliphatic carbocycles. The molecule has 4 rings (SSSR count). The molecule has 3 aromatic heterocycles. The summed E-state index contributed by atoms with van der Waals surface area (Å²) in [4.78, 5) is 8.55. The standard InChI is InChI=1S/C22H23F4N7/c1-3-6-14(22(24,25)26)11-15(16(23)4-2)18-12-19-17(7-5-9-32(19)31-18)30-20-21-28-13-29-33(21)10-8-27-20/h4,6,8,10-13,17H,3,5,7,9H2,1-2H3,(H,27,30)/b14-6-,15-11+,16-4+. The molecule has 0 aromatic carbocycles. The van der Waals surface area contributed by atoms with Crippen molar-refractivity contribution in [3.63, 3.8) is 0 Å². The molecule has 1 unspecified atom stereocenters. The summed E-state index contributed by atoms with van der Waals surface area (Å²) in [6.07, 6.45) is 4.80. The smallest absolute Gasteiger partial charge is 0.359 e. The van der Waals surface area contributed by atoms with Crippen molar-refractivity contribution in [3.8, 4) is 0 Å². The number of halogens is 4. The Balaban J connectivity index is 1.73. The molecular weight excluding hydrogens is 438 g/mol. The highest BCUT2D eigenvalue weighted by molar-refractivity contribution is 5.77. The number of anilines is 1. The summed E-state index contributed by atoms with van der Waals surface area (Å²) in [7, 11) is 0. The second-order valence-corrected chi connectivity index (χ2v) is 7.58. The number of hydrogen-bond acceptors (Lipinski definition) is 5. The molecule has 0 saturated heterocycles. The van der Waals surface area contributed by atoms with Crippen molar-refractivity contribution in [1.29, 1.82) is 0 Å². The maximum atomic E-state index is 14.7. The maximum absolute atomic E-state index is 14.7. The molecule has 11 heteroatoms. The predicted octanol–water partition coefficient (Wildman–Crippen LogP) is 5.42. The van der Waals surface area contributed by atoms with Gasteiger partial charge in [0.15, 0.2) is 11.5 Å². The van der Waals surface area contributed by atoms with Crippen LogP contribution in [0.2, 0.25) is 0 Å². The number of fused-ring (bicyclic) bond motifs is 2. The zero-order valence-corrected chi connectivity index (χ0v) is 18.1. The Morgan fingerprint density at radius 1 is 1.30 bits per heavy atom. The van der Waals surface area contributed by atoms with Gasteiger partial charge in [-0.05, 0) is 38.3 Å². The van der Waals surface area contributed by atoms with E-state index in [2.05, 4.69) is 25.5 Å². The molecule has 3 aromatic rings. The molecule has 0 spiro atoms. The number of aromatic nitrogens is 6. The number of hydrogen-bond donors (Lipinski definition) is 1. The average molecular weight is 461 g/mol. The summed E-state index contributed by atoms with van der Waals surface area (Å²) in [6.45, 7) is 3.61. The third-order valence-corrected chi connectivity index (χ3v) is 5.38. The highest BCUT2D eigenvalue weighted by Gasteiger charge is 2.33. The first-order valence-electron chi connectivity index (χ1n) is 10.6. The lowest BCUT2D eigenvalue weighted by molar-refractivity contribution is -0.0883. The summed E-state index contributed by atoms with van der Waals surface area (Å²) >= 11 is 0. The first-order chi connectivity index (χ1) is 15.8. The molecule has 0 saturated carbocycles. The van der Waals surface area contributed by atoms with Crippen LogP contribution in [0, 0.1) is 0 Å². The van der Waals surface area contributed by atoms with Crippen molar-refractivity contribution in [3.05, 3.63) is 65.8 Å². The zero-order valence-electron chi connectivity index (χ0n) is 18.1. The van der Waals surface area contributed by atoms with Crippen molar-refractivity contribution in [2.75, 3.05) is 5.32 Å². The summed E-state index contributed by atoms with van der Waals surface area (Å²) < 4.78 is 58.4. The maximum Gasteiger partial charge on any atom is 0.416 e. The van der Waals surface area contributed by atoms with Crippen molar-refractivity contribution in [2.24, 2.45) is 0 Å². The highest BCUT2D eigenvalue weighted by Crippen LogP contribution is 2.35. The molecule has 174 valence electrons. The highest BCUT2D eigenvalue weighted by atomic mass is 19.4. The molecule has 1 atom stereocenters. The van der Waals surface area contributed by atoms with Crippen LogP contribution in [0.3, 0.4) is 0 Å². The Hall–Kier alpha value is -3.50. The Morgan fingerprint density at radius 2 is 2.12 bits per heavy atom. The van der Waals surface area contributed by atoms with Gasteiger partial charge in [-0.3, -0.25) is 4.68 Å². The summed E-state index contributed by atoms with van der Waals surface area (Å²) in [5.74, 6) is -0.243. The number of allylic oxidation sites excluding steroid dienone is 6. The molecule has 0 radical (unpaired) electrons. The van der Waals surface area contributed by atoms with Crippen LogP contribution < -0.4 is 5.32 Å². The van der Waals surface area contributed by atoms with E-state index in [9.17, 15) is 17.6 Å². The van der Waals surface area contributed by atoms with Crippen LogP contribution >= 0.6 is 0 Å². The van der Waals surface area contributed by atoms with E-state index in [0.717, 1.165) is 36.8 Å². The minimum Gasteiger partial charge on any atom is -0.359 e. The Morgan fingerprint density at radius 3 is 2.85 bits per heavy atom. The molecule has 1 aliphatic heterocycles. The van der Waals surface area contributed by atoms with Gasteiger partial charge in [0.25, 0.3) is 0 Å². The second-order valence-electron chi connectivity index (χ2n) is 7.58. The van der Waals surface area contributed by atoms with Gasteiger partial charge < -0.3 is 5.32 Å². The van der Waals surface area contributed by atoms with Gasteiger partial charge in [-0.15, -0.1) is 0 Å². The first-order valence-corrected chi connectivity index (χ1v) is 10.6. The summed E-state index contributed by atoms with van der Waals surface area (Å²) in [6, 6.07) is 1.41. The molecular formula is C22H23F4N7. The summed E-state index contributed by atoms with van der Waals surface area (Å²) in [5, 5.41) is 11.9. The third kappa shape index (κ3) is 4.67. The van der Waals surface area contributed by atoms with E-state index in [1.165, 1.54) is 13.3 Å². The molecule has 7 nitrogen and oxygen atoms in total. The lowest BCUT2D eigenvalue weighted by atomic mass is 10.0. The van der Waals surface area contributed by atoms with E-state index in [4.69, 9.17) is 0 Å². The van der Waals surface area contributed by atoms with Gasteiger partial charge in [0, 0.05) is 24.5 Å². The van der Waals surface area contributed by atoms with Gasteiger partial charge in [0.1, 0.15) is 12.2 Å². The fraction of sp³-hybridized carbons (Fsp3) is 0.364. The normalized spacial score (nSPS) is 18.0. The monoisotopic (exact) mass is 461 g/mol. The van der Waals surface area contributed by atoms with Gasteiger partial charge in [0.05, 0.1) is 23.0 Å². The minimum absolute atomic E-state index is 0.147. The SMILES string of the molecule is C\C=C(F)/C(=C\C(=C\CC)C(F)(F)F)c1cc2n(n1)CCCC2Nc1nccn2ncnc12. The van der Waals surface area contributed by atoms with Crippen LogP contribution in [0.25, 0.3) is 11.2 Å². The minimum atomic E-state index is -4.60. The number of aryl methyl sites for hydroxylation is 1. The van der Waals surface area contributed by atoms with Crippen LogP contribution in [0.4, 0.5) is 23.4 Å². The number of rotatable bonds is 6. The van der Waals surface area contributed by atoms with Crippen molar-refractivity contribution >= 4 is 17.0 Å². The van der Waals surface area contributed by atoms with E-state index in [-0.39, 0.29) is 23.7 Å². The van der Waals surface area contributed by atoms with E-state index in [1.807, 2.05) is 0 Å². The predicted molar refractivity (Wildman–Crippen MR) is 116 cm³/mol. The van der Waals surface area contributed by atoms with E-state index in [0.29, 0.717) is 18.0 Å². The topological polar surface area (TPSA) is 72.9 Å². The lowest BCUT2D eigenvalue weighted by Gasteiger charge is -2.24.